The zero-order chi connectivity index (χ0) is 10.8. The predicted molar refractivity (Wildman–Crippen MR) is 55.2 cm³/mol. The third kappa shape index (κ3) is 2.56. The molecule has 84 valence electrons. The van der Waals surface area contributed by atoms with Crippen LogP contribution in [0.4, 0.5) is 4.39 Å². The Bertz CT molecular complexity index is 326. The second kappa shape index (κ2) is 4.31. The maximum Gasteiger partial charge on any atom is 0.150 e. The average molecular weight is 212 g/mol. The number of alkyl halides is 1. The van der Waals surface area contributed by atoms with Crippen molar-refractivity contribution in [3.05, 3.63) is 17.5 Å². The van der Waals surface area contributed by atoms with Crippen molar-refractivity contribution in [2.24, 2.45) is 5.92 Å². The molecule has 1 fully saturated rings. The van der Waals surface area contributed by atoms with Crippen LogP contribution in [0.5, 0.6) is 0 Å². The normalized spacial score (nSPS) is 28.2. The van der Waals surface area contributed by atoms with Crippen molar-refractivity contribution in [1.82, 2.24) is 10.1 Å². The minimum atomic E-state index is -0.706. The third-order valence-electron chi connectivity index (χ3n) is 3.01. The number of hydrogen-bond acceptors (Lipinski definition) is 3. The second-order valence-electron chi connectivity index (χ2n) is 4.45. The van der Waals surface area contributed by atoms with Crippen molar-refractivity contribution in [3.8, 4) is 0 Å². The van der Waals surface area contributed by atoms with Gasteiger partial charge in [0.1, 0.15) is 6.17 Å². The molecule has 1 aliphatic rings. The summed E-state index contributed by atoms with van der Waals surface area (Å²) in [6.07, 6.45) is 0.219. The van der Waals surface area contributed by atoms with Crippen LogP contribution < -0.4 is 0 Å². The first kappa shape index (κ1) is 10.6. The van der Waals surface area contributed by atoms with Gasteiger partial charge in [-0.1, -0.05) is 12.1 Å². The molecule has 2 unspecified atom stereocenters. The van der Waals surface area contributed by atoms with E-state index in [0.29, 0.717) is 13.1 Å². The summed E-state index contributed by atoms with van der Waals surface area (Å²) in [5, 5.41) is 3.82. The minimum absolute atomic E-state index is 0.192. The van der Waals surface area contributed by atoms with Gasteiger partial charge >= 0.3 is 0 Å². The van der Waals surface area contributed by atoms with Gasteiger partial charge in [0.05, 0.1) is 12.2 Å². The Morgan fingerprint density at radius 1 is 1.67 bits per heavy atom. The largest absolute Gasteiger partial charge is 0.360 e. The van der Waals surface area contributed by atoms with Crippen molar-refractivity contribution in [2.75, 3.05) is 13.1 Å². The molecular weight excluding hydrogens is 195 g/mol. The number of likely N-dealkylation sites (tertiary alicyclic amines) is 1. The van der Waals surface area contributed by atoms with Gasteiger partial charge in [0.25, 0.3) is 0 Å². The maximum absolute atomic E-state index is 13.4. The highest BCUT2D eigenvalue weighted by Crippen LogP contribution is 2.21. The van der Waals surface area contributed by atoms with E-state index >= 15 is 0 Å². The zero-order valence-corrected chi connectivity index (χ0v) is 9.24. The van der Waals surface area contributed by atoms with Crippen LogP contribution in [0.15, 0.2) is 10.6 Å². The number of halogens is 1. The first-order valence-corrected chi connectivity index (χ1v) is 5.44. The summed E-state index contributed by atoms with van der Waals surface area (Å²) in [5.74, 6) is 1.02. The molecule has 0 aromatic carbocycles. The monoisotopic (exact) mass is 212 g/mol. The lowest BCUT2D eigenvalue weighted by Crippen LogP contribution is -2.40. The van der Waals surface area contributed by atoms with E-state index in [9.17, 15) is 4.39 Å². The van der Waals surface area contributed by atoms with Gasteiger partial charge in [-0.15, -0.1) is 0 Å². The number of piperidine rings is 1. The summed E-state index contributed by atoms with van der Waals surface area (Å²) in [7, 11) is 0. The van der Waals surface area contributed by atoms with Gasteiger partial charge in [-0.2, -0.15) is 0 Å². The summed E-state index contributed by atoms with van der Waals surface area (Å²) >= 11 is 0. The zero-order valence-electron chi connectivity index (χ0n) is 9.24. The minimum Gasteiger partial charge on any atom is -0.360 e. The first-order chi connectivity index (χ1) is 7.15. The Balaban J connectivity index is 1.90. The summed E-state index contributed by atoms with van der Waals surface area (Å²) < 4.78 is 18.6. The highest BCUT2D eigenvalue weighted by molar-refractivity contribution is 5.03. The molecule has 0 amide bonds. The van der Waals surface area contributed by atoms with E-state index in [0.717, 1.165) is 24.4 Å². The van der Waals surface area contributed by atoms with Crippen molar-refractivity contribution in [1.29, 1.82) is 0 Å². The van der Waals surface area contributed by atoms with Gasteiger partial charge in [-0.3, -0.25) is 4.90 Å². The molecule has 2 rings (SSSR count). The van der Waals surface area contributed by atoms with E-state index in [1.54, 1.807) is 0 Å². The first-order valence-electron chi connectivity index (χ1n) is 5.44. The molecule has 1 aromatic heterocycles. The van der Waals surface area contributed by atoms with Gasteiger partial charge in [-0.05, 0) is 25.8 Å². The smallest absolute Gasteiger partial charge is 0.150 e. The van der Waals surface area contributed by atoms with Crippen molar-refractivity contribution < 1.29 is 8.91 Å². The Kier molecular flexibility index (Phi) is 3.05. The van der Waals surface area contributed by atoms with E-state index < -0.39 is 6.17 Å². The lowest BCUT2D eigenvalue weighted by Gasteiger charge is -2.32. The average Bonchev–Trinajstić information content (AvgIpc) is 2.58. The topological polar surface area (TPSA) is 29.3 Å². The fourth-order valence-electron chi connectivity index (χ4n) is 1.94. The summed E-state index contributed by atoms with van der Waals surface area (Å²) in [6, 6.07) is 1.91. The van der Waals surface area contributed by atoms with Crippen LogP contribution in [-0.4, -0.2) is 29.3 Å². The van der Waals surface area contributed by atoms with Crippen molar-refractivity contribution >= 4 is 0 Å². The number of rotatable bonds is 2. The van der Waals surface area contributed by atoms with Crippen LogP contribution in [-0.2, 0) is 6.54 Å². The van der Waals surface area contributed by atoms with Crippen LogP contribution in [0.3, 0.4) is 0 Å². The number of aromatic nitrogens is 1. The van der Waals surface area contributed by atoms with Crippen LogP contribution in [0.2, 0.25) is 0 Å². The highest BCUT2D eigenvalue weighted by atomic mass is 19.1. The standard InChI is InChI=1S/C11H17FN2O/c1-8-3-4-14(7-11(8)12)6-10-5-9(2)13-15-10/h5,8,11H,3-4,6-7H2,1-2H3. The van der Waals surface area contributed by atoms with Gasteiger partial charge in [0.2, 0.25) is 0 Å². The van der Waals surface area contributed by atoms with Crippen LogP contribution in [0, 0.1) is 12.8 Å². The quantitative estimate of drug-likeness (QED) is 0.752. The van der Waals surface area contributed by atoms with E-state index in [1.165, 1.54) is 0 Å². The molecule has 1 aromatic rings. The molecule has 0 aliphatic carbocycles. The van der Waals surface area contributed by atoms with Crippen molar-refractivity contribution in [3.63, 3.8) is 0 Å². The molecule has 1 saturated heterocycles. The lowest BCUT2D eigenvalue weighted by atomic mass is 9.97. The molecule has 0 saturated carbocycles. The SMILES string of the molecule is Cc1cc(CN2CCC(C)C(F)C2)on1. The Labute approximate surface area is 89.2 Å². The molecule has 3 nitrogen and oxygen atoms in total. The predicted octanol–water partition coefficient (Wildman–Crippen LogP) is 2.16. The van der Waals surface area contributed by atoms with Crippen LogP contribution in [0.1, 0.15) is 24.8 Å². The fourth-order valence-corrected chi connectivity index (χ4v) is 1.94. The van der Waals surface area contributed by atoms with Gasteiger partial charge in [-0.25, -0.2) is 4.39 Å². The number of hydrogen-bond donors (Lipinski definition) is 0. The van der Waals surface area contributed by atoms with E-state index in [2.05, 4.69) is 10.1 Å². The van der Waals surface area contributed by atoms with E-state index in [1.807, 2.05) is 19.9 Å². The van der Waals surface area contributed by atoms with Gasteiger partial charge in [0.15, 0.2) is 5.76 Å². The molecular formula is C11H17FN2O. The highest BCUT2D eigenvalue weighted by Gasteiger charge is 2.26. The van der Waals surface area contributed by atoms with E-state index in [4.69, 9.17) is 4.52 Å². The third-order valence-corrected chi connectivity index (χ3v) is 3.01. The molecule has 0 N–H and O–H groups in total. The summed E-state index contributed by atoms with van der Waals surface area (Å²) in [5.41, 5.74) is 0.882. The van der Waals surface area contributed by atoms with Crippen molar-refractivity contribution in [2.45, 2.75) is 33.0 Å². The molecule has 0 bridgehead atoms. The molecule has 0 spiro atoms. The van der Waals surface area contributed by atoms with E-state index in [-0.39, 0.29) is 5.92 Å². The Morgan fingerprint density at radius 3 is 3.07 bits per heavy atom. The summed E-state index contributed by atoms with van der Waals surface area (Å²) in [4.78, 5) is 2.09. The lowest BCUT2D eigenvalue weighted by molar-refractivity contribution is 0.0821. The molecule has 2 atom stereocenters. The Hall–Kier alpha value is -0.900. The molecule has 15 heavy (non-hydrogen) atoms. The van der Waals surface area contributed by atoms with Gasteiger partial charge in [0, 0.05) is 12.6 Å². The van der Waals surface area contributed by atoms with Crippen LogP contribution in [0.25, 0.3) is 0 Å². The Morgan fingerprint density at radius 2 is 2.47 bits per heavy atom. The molecule has 4 heteroatoms. The molecule has 0 radical (unpaired) electrons. The fraction of sp³-hybridized carbons (Fsp3) is 0.727. The number of nitrogens with zero attached hydrogens (tertiary/aromatic N) is 2. The molecule has 2 heterocycles. The van der Waals surface area contributed by atoms with Gasteiger partial charge < -0.3 is 4.52 Å². The number of aryl methyl sites for hydroxylation is 1. The maximum atomic E-state index is 13.4. The second-order valence-corrected chi connectivity index (χ2v) is 4.45. The molecule has 1 aliphatic heterocycles. The van der Waals surface area contributed by atoms with Crippen LogP contribution >= 0.6 is 0 Å². The summed E-state index contributed by atoms with van der Waals surface area (Å²) in [6.45, 7) is 6.00.